The van der Waals surface area contributed by atoms with E-state index < -0.39 is 0 Å². The van der Waals surface area contributed by atoms with Crippen LogP contribution in [-0.2, 0) is 0 Å². The van der Waals surface area contributed by atoms with Crippen molar-refractivity contribution in [1.82, 2.24) is 0 Å². The summed E-state index contributed by atoms with van der Waals surface area (Å²) >= 11 is 1.82. The molecule has 0 aliphatic carbocycles. The van der Waals surface area contributed by atoms with Crippen LogP contribution in [0.4, 0.5) is 0 Å². The Bertz CT molecular complexity index is 2760. The van der Waals surface area contributed by atoms with Crippen LogP contribution >= 0.6 is 11.3 Å². The molecule has 8 aromatic rings. The SMILES string of the molecule is C=C/C(=C\C(=C/C)c1ccc2c3ccccc3c3ccccc3c2c1)c1ccc(C)c(-c2ccccc2C)c1.C=Cc1sc2c(C)cccc2c1/C=C\C. The second kappa shape index (κ2) is 15.9. The Hall–Kier alpha value is -6.02. The van der Waals surface area contributed by atoms with Crippen LogP contribution in [0, 0.1) is 20.8 Å². The minimum Gasteiger partial charge on any atom is -0.135 e. The van der Waals surface area contributed by atoms with Crippen molar-refractivity contribution in [1.29, 1.82) is 0 Å². The van der Waals surface area contributed by atoms with Gasteiger partial charge in [0.25, 0.3) is 0 Å². The zero-order chi connectivity index (χ0) is 37.8. The summed E-state index contributed by atoms with van der Waals surface area (Å²) in [6, 6.07) is 46.1. The summed E-state index contributed by atoms with van der Waals surface area (Å²) in [5.74, 6) is 0. The van der Waals surface area contributed by atoms with Crippen LogP contribution in [0.5, 0.6) is 0 Å². The molecule has 7 aromatic carbocycles. The fourth-order valence-electron chi connectivity index (χ4n) is 7.60. The molecular formula is C53H46S. The van der Waals surface area contributed by atoms with Crippen LogP contribution in [0.15, 0.2) is 165 Å². The van der Waals surface area contributed by atoms with E-state index in [1.54, 1.807) is 0 Å². The molecule has 54 heavy (non-hydrogen) atoms. The van der Waals surface area contributed by atoms with Crippen molar-refractivity contribution in [2.45, 2.75) is 34.6 Å². The van der Waals surface area contributed by atoms with Crippen molar-refractivity contribution < 1.29 is 0 Å². The number of allylic oxidation sites excluding steroid dienone is 6. The number of benzene rings is 7. The third kappa shape index (κ3) is 6.92. The second-order valence-corrected chi connectivity index (χ2v) is 14.8. The number of aryl methyl sites for hydroxylation is 3. The average Bonchev–Trinajstić information content (AvgIpc) is 3.58. The van der Waals surface area contributed by atoms with Gasteiger partial charge >= 0.3 is 0 Å². The van der Waals surface area contributed by atoms with Gasteiger partial charge in [0.15, 0.2) is 0 Å². The highest BCUT2D eigenvalue weighted by Crippen LogP contribution is 2.38. The van der Waals surface area contributed by atoms with Crippen molar-refractivity contribution in [2.24, 2.45) is 0 Å². The molecule has 0 saturated carbocycles. The van der Waals surface area contributed by atoms with Crippen LogP contribution in [0.25, 0.3) is 76.8 Å². The van der Waals surface area contributed by atoms with E-state index in [1.807, 2.05) is 30.4 Å². The monoisotopic (exact) mass is 714 g/mol. The Morgan fingerprint density at radius 3 is 1.70 bits per heavy atom. The molecule has 1 heteroatoms. The summed E-state index contributed by atoms with van der Waals surface area (Å²) in [5.41, 5.74) is 12.4. The first-order valence-corrected chi connectivity index (χ1v) is 19.5. The number of hydrogen-bond donors (Lipinski definition) is 0. The van der Waals surface area contributed by atoms with Gasteiger partial charge in [0, 0.05) is 15.0 Å². The summed E-state index contributed by atoms with van der Waals surface area (Å²) in [7, 11) is 0. The summed E-state index contributed by atoms with van der Waals surface area (Å²) in [6.45, 7) is 18.7. The third-order valence-corrected chi connectivity index (χ3v) is 11.8. The molecule has 0 saturated heterocycles. The van der Waals surface area contributed by atoms with Gasteiger partial charge in [0.05, 0.1) is 0 Å². The van der Waals surface area contributed by atoms with Crippen LogP contribution < -0.4 is 0 Å². The first kappa shape index (κ1) is 36.3. The van der Waals surface area contributed by atoms with E-state index in [4.69, 9.17) is 0 Å². The maximum atomic E-state index is 4.19. The molecule has 0 fully saturated rings. The number of hydrogen-bond acceptors (Lipinski definition) is 1. The topological polar surface area (TPSA) is 0 Å². The molecule has 0 aliphatic heterocycles. The summed E-state index contributed by atoms with van der Waals surface area (Å²) in [4.78, 5) is 1.26. The van der Waals surface area contributed by atoms with E-state index in [1.165, 1.54) is 97.4 Å². The fraction of sp³-hybridized carbons (Fsp3) is 0.0943. The first-order chi connectivity index (χ1) is 26.4. The Labute approximate surface area is 324 Å². The molecule has 0 N–H and O–H groups in total. The Balaban J connectivity index is 0.000000251. The Kier molecular flexibility index (Phi) is 10.7. The zero-order valence-corrected chi connectivity index (χ0v) is 32.7. The van der Waals surface area contributed by atoms with Gasteiger partial charge in [-0.2, -0.15) is 0 Å². The molecule has 0 atom stereocenters. The lowest BCUT2D eigenvalue weighted by molar-refractivity contribution is 1.40. The number of fused-ring (bicyclic) bond motifs is 7. The van der Waals surface area contributed by atoms with Crippen LogP contribution in [0.3, 0.4) is 0 Å². The smallest absolute Gasteiger partial charge is 0.0384 e. The molecular weight excluding hydrogens is 669 g/mol. The van der Waals surface area contributed by atoms with Crippen molar-refractivity contribution in [3.63, 3.8) is 0 Å². The minimum atomic E-state index is 1.11. The largest absolute Gasteiger partial charge is 0.135 e. The van der Waals surface area contributed by atoms with E-state index in [0.29, 0.717) is 0 Å². The molecule has 0 aliphatic rings. The predicted octanol–water partition coefficient (Wildman–Crippen LogP) is 16.0. The molecule has 0 spiro atoms. The molecule has 0 unspecified atom stereocenters. The molecule has 0 nitrogen and oxygen atoms in total. The van der Waals surface area contributed by atoms with Gasteiger partial charge in [-0.15, -0.1) is 11.3 Å². The standard InChI is InChI=1S/C39H32.C14H14S/c1-5-28(30-20-19-27(4)38(24-30)32-14-8-7-13-26(32)3)23-29(6-2)31-21-22-37-35-17-10-9-15-33(35)34-16-11-12-18-36(34)39(37)25-31;1-4-7-11-12-9-6-8-10(3)14(12)15-13(11)5-2/h5-25H,1H2,2-4H3;4-9H,2H2,1,3H3/b28-23+,29-6+;7-4-. The average molecular weight is 715 g/mol. The van der Waals surface area contributed by atoms with Gasteiger partial charge in [-0.3, -0.25) is 0 Å². The van der Waals surface area contributed by atoms with Crippen molar-refractivity contribution in [3.05, 3.63) is 203 Å². The summed E-state index contributed by atoms with van der Waals surface area (Å²) in [6.07, 6.45) is 12.6. The molecule has 0 bridgehead atoms. The lowest BCUT2D eigenvalue weighted by atomic mass is 9.90. The Morgan fingerprint density at radius 1 is 0.519 bits per heavy atom. The number of rotatable bonds is 7. The lowest BCUT2D eigenvalue weighted by Gasteiger charge is -2.14. The lowest BCUT2D eigenvalue weighted by Crippen LogP contribution is -1.91. The van der Waals surface area contributed by atoms with Crippen molar-refractivity contribution in [2.75, 3.05) is 0 Å². The highest BCUT2D eigenvalue weighted by molar-refractivity contribution is 7.20. The normalized spacial score (nSPS) is 12.1. The maximum Gasteiger partial charge on any atom is 0.0384 e. The van der Waals surface area contributed by atoms with Gasteiger partial charge in [-0.1, -0.05) is 159 Å². The van der Waals surface area contributed by atoms with Gasteiger partial charge in [-0.25, -0.2) is 0 Å². The molecule has 1 heterocycles. The van der Waals surface area contributed by atoms with E-state index in [9.17, 15) is 0 Å². The number of thiophene rings is 1. The van der Waals surface area contributed by atoms with E-state index >= 15 is 0 Å². The maximum absolute atomic E-state index is 4.19. The van der Waals surface area contributed by atoms with E-state index in [-0.39, 0.29) is 0 Å². The van der Waals surface area contributed by atoms with Gasteiger partial charge in [-0.05, 0) is 141 Å². The van der Waals surface area contributed by atoms with E-state index in [2.05, 4.69) is 193 Å². The summed E-state index contributed by atoms with van der Waals surface area (Å²) in [5, 5.41) is 9.10. The van der Waals surface area contributed by atoms with Crippen molar-refractivity contribution in [3.8, 4) is 11.1 Å². The minimum absolute atomic E-state index is 1.11. The van der Waals surface area contributed by atoms with Gasteiger partial charge in [0.1, 0.15) is 0 Å². The molecule has 0 amide bonds. The Morgan fingerprint density at radius 2 is 1.07 bits per heavy atom. The van der Waals surface area contributed by atoms with Crippen LogP contribution in [0.2, 0.25) is 0 Å². The van der Waals surface area contributed by atoms with E-state index in [0.717, 1.165) is 5.57 Å². The van der Waals surface area contributed by atoms with Gasteiger partial charge in [0.2, 0.25) is 0 Å². The van der Waals surface area contributed by atoms with Crippen molar-refractivity contribution >= 4 is 77.0 Å². The van der Waals surface area contributed by atoms with Crippen LogP contribution in [0.1, 0.15) is 52.1 Å². The highest BCUT2D eigenvalue weighted by Gasteiger charge is 2.12. The molecule has 0 radical (unpaired) electrons. The van der Waals surface area contributed by atoms with Gasteiger partial charge < -0.3 is 0 Å². The molecule has 264 valence electrons. The second-order valence-electron chi connectivity index (χ2n) is 13.8. The highest BCUT2D eigenvalue weighted by atomic mass is 32.1. The molecule has 1 aromatic heterocycles. The summed E-state index contributed by atoms with van der Waals surface area (Å²) < 4.78 is 1.38. The third-order valence-electron chi connectivity index (χ3n) is 10.4. The first-order valence-electron chi connectivity index (χ1n) is 18.6. The molecule has 8 rings (SSSR count). The predicted molar refractivity (Wildman–Crippen MR) is 243 cm³/mol. The van der Waals surface area contributed by atoms with Crippen LogP contribution in [-0.4, -0.2) is 0 Å². The zero-order valence-electron chi connectivity index (χ0n) is 31.9. The quantitative estimate of drug-likeness (QED) is 0.114. The fourth-order valence-corrected chi connectivity index (χ4v) is 8.71.